The quantitative estimate of drug-likeness (QED) is 0.833. The van der Waals surface area contributed by atoms with Crippen molar-refractivity contribution >= 4 is 22.7 Å². The summed E-state index contributed by atoms with van der Waals surface area (Å²) >= 11 is 0. The Labute approximate surface area is 163 Å². The van der Waals surface area contributed by atoms with E-state index in [1.165, 1.54) is 0 Å². The average molecular weight is 382 g/mol. The maximum Gasteiger partial charge on any atom is 0.248 e. The van der Waals surface area contributed by atoms with Gasteiger partial charge in [0, 0.05) is 60.8 Å². The van der Waals surface area contributed by atoms with E-state index in [4.69, 9.17) is 5.73 Å². The third kappa shape index (κ3) is 3.42. The smallest absolute Gasteiger partial charge is 0.248 e. The maximum absolute atomic E-state index is 12.5. The summed E-state index contributed by atoms with van der Waals surface area (Å²) in [6.45, 7) is 1.49. The first-order valence-electron chi connectivity index (χ1n) is 9.72. The van der Waals surface area contributed by atoms with Gasteiger partial charge in [0.1, 0.15) is 0 Å². The number of hydrogen-bond donors (Lipinski definition) is 2. The molecule has 7 heteroatoms. The second kappa shape index (κ2) is 7.05. The zero-order valence-corrected chi connectivity index (χ0v) is 16.3. The van der Waals surface area contributed by atoms with Gasteiger partial charge in [-0.05, 0) is 49.9 Å². The predicted molar refractivity (Wildman–Crippen MR) is 107 cm³/mol. The van der Waals surface area contributed by atoms with Crippen LogP contribution in [0.3, 0.4) is 0 Å². The highest BCUT2D eigenvalue weighted by molar-refractivity contribution is 5.96. The van der Waals surface area contributed by atoms with Crippen LogP contribution in [0.1, 0.15) is 35.3 Å². The number of nitrogens with two attached hydrogens (primary N) is 1. The van der Waals surface area contributed by atoms with Crippen molar-refractivity contribution in [1.82, 2.24) is 14.8 Å². The van der Waals surface area contributed by atoms with E-state index in [1.807, 2.05) is 11.9 Å². The van der Waals surface area contributed by atoms with Crippen LogP contribution in [0.4, 0.5) is 0 Å². The molecule has 2 fully saturated rings. The number of carbonyl (C=O) groups excluding carboxylic acids is 2. The molecule has 28 heavy (non-hydrogen) atoms. The molecule has 1 saturated carbocycles. The Morgan fingerprint density at radius 3 is 2.75 bits per heavy atom. The molecule has 1 aromatic heterocycles. The number of pyridine rings is 1. The normalized spacial score (nSPS) is 24.8. The zero-order valence-electron chi connectivity index (χ0n) is 16.3. The number of nitrogens with one attached hydrogen (secondary N) is 1. The van der Waals surface area contributed by atoms with Crippen molar-refractivity contribution in [3.05, 3.63) is 45.7 Å². The molecule has 1 aromatic carbocycles. The number of H-pyrrole nitrogens is 1. The summed E-state index contributed by atoms with van der Waals surface area (Å²) in [5.74, 6) is 0.743. The Morgan fingerprint density at radius 1 is 1.25 bits per heavy atom. The van der Waals surface area contributed by atoms with Crippen LogP contribution < -0.4 is 11.2 Å². The molecule has 148 valence electrons. The van der Waals surface area contributed by atoms with Crippen molar-refractivity contribution in [2.45, 2.75) is 31.8 Å². The fraction of sp³-hybridized carbons (Fsp3) is 0.476. The van der Waals surface area contributed by atoms with Crippen LogP contribution in [-0.4, -0.2) is 53.3 Å². The number of hydrogen-bond acceptors (Lipinski definition) is 4. The number of benzene rings is 1. The standard InChI is InChI=1S/C21H26N4O3/c1-24(16-5-13-8-20(27)25(2)10-14(13)6-16)11-15-9-19(26)17-7-12(21(22)28)3-4-18(17)23-15/h3-4,7,9,13-14,16H,5-6,8,10-11H2,1-2H3,(H2,22,28)(H,23,26)/t13-,14+,16-/m1/s1. The van der Waals surface area contributed by atoms with Crippen molar-refractivity contribution in [2.75, 3.05) is 20.6 Å². The van der Waals surface area contributed by atoms with E-state index in [-0.39, 0.29) is 11.3 Å². The molecular formula is C21H26N4O3. The number of amides is 2. The van der Waals surface area contributed by atoms with E-state index >= 15 is 0 Å². The van der Waals surface area contributed by atoms with Crippen molar-refractivity contribution in [1.29, 1.82) is 0 Å². The van der Waals surface area contributed by atoms with Crippen LogP contribution in [0.2, 0.25) is 0 Å². The Bertz CT molecular complexity index is 999. The van der Waals surface area contributed by atoms with Crippen LogP contribution in [0.5, 0.6) is 0 Å². The molecule has 3 N–H and O–H groups in total. The first-order valence-corrected chi connectivity index (χ1v) is 9.72. The molecule has 2 amide bonds. The number of nitrogens with zero attached hydrogens (tertiary/aromatic N) is 2. The molecule has 3 atom stereocenters. The Balaban J connectivity index is 1.50. The van der Waals surface area contributed by atoms with Gasteiger partial charge in [-0.3, -0.25) is 19.3 Å². The maximum atomic E-state index is 12.5. The van der Waals surface area contributed by atoms with Gasteiger partial charge in [-0.25, -0.2) is 0 Å². The summed E-state index contributed by atoms with van der Waals surface area (Å²) in [4.78, 5) is 43.3. The number of likely N-dealkylation sites (tertiary alicyclic amines) is 1. The van der Waals surface area contributed by atoms with Gasteiger partial charge in [-0.15, -0.1) is 0 Å². The number of aromatic nitrogens is 1. The Morgan fingerprint density at radius 2 is 2.00 bits per heavy atom. The first-order chi connectivity index (χ1) is 13.3. The van der Waals surface area contributed by atoms with Crippen molar-refractivity contribution < 1.29 is 9.59 Å². The SMILES string of the molecule is CN1C[C@@H]2C[C@H](N(C)Cc3cc(=O)c4cc(C(N)=O)ccc4[nH]3)C[C@@H]2CC1=O. The lowest BCUT2D eigenvalue weighted by molar-refractivity contribution is -0.134. The number of carbonyl (C=O) groups is 2. The van der Waals surface area contributed by atoms with Gasteiger partial charge in [-0.2, -0.15) is 0 Å². The molecule has 1 aliphatic carbocycles. The zero-order chi connectivity index (χ0) is 20.0. The minimum Gasteiger partial charge on any atom is -0.366 e. The fourth-order valence-electron chi connectivity index (χ4n) is 4.79. The highest BCUT2D eigenvalue weighted by Gasteiger charge is 2.41. The van der Waals surface area contributed by atoms with E-state index in [0.29, 0.717) is 47.3 Å². The summed E-state index contributed by atoms with van der Waals surface area (Å²) < 4.78 is 0. The van der Waals surface area contributed by atoms with Gasteiger partial charge in [0.25, 0.3) is 0 Å². The van der Waals surface area contributed by atoms with Gasteiger partial charge in [-0.1, -0.05) is 0 Å². The summed E-state index contributed by atoms with van der Waals surface area (Å²) in [5.41, 5.74) is 7.06. The molecule has 1 aliphatic heterocycles. The molecule has 2 aliphatic rings. The topological polar surface area (TPSA) is 99.5 Å². The van der Waals surface area contributed by atoms with Gasteiger partial charge < -0.3 is 15.6 Å². The number of primary amides is 1. The van der Waals surface area contributed by atoms with E-state index in [0.717, 1.165) is 25.1 Å². The monoisotopic (exact) mass is 382 g/mol. The average Bonchev–Trinajstić information content (AvgIpc) is 3.04. The molecule has 0 bridgehead atoms. The predicted octanol–water partition coefficient (Wildman–Crippen LogP) is 1.32. The van der Waals surface area contributed by atoms with E-state index in [9.17, 15) is 14.4 Å². The highest BCUT2D eigenvalue weighted by atomic mass is 16.2. The van der Waals surface area contributed by atoms with Gasteiger partial charge in [0.2, 0.25) is 11.8 Å². The molecule has 2 heterocycles. The Kier molecular flexibility index (Phi) is 4.71. The lowest BCUT2D eigenvalue weighted by atomic mass is 9.88. The lowest BCUT2D eigenvalue weighted by Gasteiger charge is -2.31. The second-order valence-corrected chi connectivity index (χ2v) is 8.32. The molecule has 4 rings (SSSR count). The van der Waals surface area contributed by atoms with Gasteiger partial charge >= 0.3 is 0 Å². The van der Waals surface area contributed by atoms with Crippen LogP contribution in [0.25, 0.3) is 10.9 Å². The van der Waals surface area contributed by atoms with E-state index < -0.39 is 5.91 Å². The summed E-state index contributed by atoms with van der Waals surface area (Å²) in [5, 5.41) is 0.469. The molecular weight excluding hydrogens is 356 g/mol. The molecule has 2 aromatic rings. The molecule has 7 nitrogen and oxygen atoms in total. The van der Waals surface area contributed by atoms with E-state index in [1.54, 1.807) is 24.3 Å². The fourth-order valence-corrected chi connectivity index (χ4v) is 4.79. The highest BCUT2D eigenvalue weighted by Crippen LogP contribution is 2.40. The molecule has 0 unspecified atom stereocenters. The third-order valence-corrected chi connectivity index (χ3v) is 6.40. The minimum atomic E-state index is -0.545. The van der Waals surface area contributed by atoms with Gasteiger partial charge in [0.05, 0.1) is 0 Å². The number of aromatic amines is 1. The minimum absolute atomic E-state index is 0.118. The first kappa shape index (κ1) is 18.7. The summed E-state index contributed by atoms with van der Waals surface area (Å²) in [7, 11) is 3.96. The van der Waals surface area contributed by atoms with Crippen molar-refractivity contribution in [3.63, 3.8) is 0 Å². The number of rotatable bonds is 4. The molecule has 0 radical (unpaired) electrons. The molecule has 0 spiro atoms. The summed E-state index contributed by atoms with van der Waals surface area (Å²) in [6.07, 6.45) is 2.76. The van der Waals surface area contributed by atoms with Crippen LogP contribution in [-0.2, 0) is 11.3 Å². The number of fused-ring (bicyclic) bond motifs is 2. The lowest BCUT2D eigenvalue weighted by Crippen LogP contribution is -2.39. The van der Waals surface area contributed by atoms with Gasteiger partial charge in [0.15, 0.2) is 5.43 Å². The van der Waals surface area contributed by atoms with E-state index in [2.05, 4.69) is 16.9 Å². The van der Waals surface area contributed by atoms with Crippen molar-refractivity contribution in [3.8, 4) is 0 Å². The molecule has 1 saturated heterocycles. The van der Waals surface area contributed by atoms with Crippen LogP contribution in [0, 0.1) is 11.8 Å². The number of piperidine rings is 1. The second-order valence-electron chi connectivity index (χ2n) is 8.32. The van der Waals surface area contributed by atoms with Crippen LogP contribution >= 0.6 is 0 Å². The largest absolute Gasteiger partial charge is 0.366 e. The van der Waals surface area contributed by atoms with Crippen molar-refractivity contribution in [2.24, 2.45) is 17.6 Å². The van der Waals surface area contributed by atoms with Crippen LogP contribution in [0.15, 0.2) is 29.1 Å². The third-order valence-electron chi connectivity index (χ3n) is 6.40. The Hall–Kier alpha value is -2.67. The summed E-state index contributed by atoms with van der Waals surface area (Å²) in [6, 6.07) is 6.91.